The van der Waals surface area contributed by atoms with Crippen LogP contribution in [0.5, 0.6) is 11.5 Å². The number of methoxy groups -OCH3 is 2. The van der Waals surface area contributed by atoms with Gasteiger partial charge >= 0.3 is 0 Å². The number of ether oxygens (including phenoxy) is 2. The Morgan fingerprint density at radius 2 is 1.28 bits per heavy atom. The molecule has 0 atom stereocenters. The third-order valence-corrected chi connectivity index (χ3v) is 5.07. The van der Waals surface area contributed by atoms with Crippen molar-refractivity contribution in [1.29, 1.82) is 0 Å². The maximum Gasteiger partial charge on any atom is 0.176 e. The minimum Gasteiger partial charge on any atom is -0.492 e. The van der Waals surface area contributed by atoms with Gasteiger partial charge in [0.2, 0.25) is 0 Å². The lowest BCUT2D eigenvalue weighted by molar-refractivity contribution is 0.350. The van der Waals surface area contributed by atoms with Crippen LogP contribution in [0.1, 0.15) is 11.1 Å². The maximum absolute atomic E-state index is 5.47. The van der Waals surface area contributed by atoms with Gasteiger partial charge in [-0.05, 0) is 62.9 Å². The maximum atomic E-state index is 5.47. The first kappa shape index (κ1) is 14.2. The minimum atomic E-state index is 0.771. The normalized spacial score (nSPS) is 16.1. The van der Waals surface area contributed by atoms with Gasteiger partial charge in [-0.25, -0.2) is 0 Å². The summed E-state index contributed by atoms with van der Waals surface area (Å²) in [5.41, 5.74) is 2.65. The fourth-order valence-corrected chi connectivity index (χ4v) is 3.90. The molecule has 0 aliphatic carbocycles. The lowest BCUT2D eigenvalue weighted by Gasteiger charge is -2.18. The molecule has 1 aliphatic heterocycles. The van der Waals surface area contributed by atoms with E-state index in [9.17, 15) is 0 Å². The Morgan fingerprint density at radius 3 is 1.61 bits per heavy atom. The van der Waals surface area contributed by atoms with Crippen LogP contribution in [-0.4, -0.2) is 39.3 Å². The van der Waals surface area contributed by atoms with E-state index in [0.29, 0.717) is 0 Å². The summed E-state index contributed by atoms with van der Waals surface area (Å²) in [6.07, 6.45) is 2.04. The van der Waals surface area contributed by atoms with Gasteiger partial charge < -0.3 is 14.4 Å². The number of nitrogens with zero attached hydrogens (tertiary/aromatic N) is 1. The van der Waals surface area contributed by atoms with E-state index < -0.39 is 0 Å². The molecule has 0 unspecified atom stereocenters. The molecule has 0 spiro atoms. The number of hydrogen-bond acceptors (Lipinski definition) is 3. The van der Waals surface area contributed by atoms with Crippen LogP contribution in [0.15, 0.2) is 8.95 Å². The van der Waals surface area contributed by atoms with Crippen LogP contribution in [0.2, 0.25) is 0 Å². The zero-order valence-corrected chi connectivity index (χ0v) is 14.0. The van der Waals surface area contributed by atoms with Crippen molar-refractivity contribution in [1.82, 2.24) is 4.90 Å². The number of benzene rings is 1. The van der Waals surface area contributed by atoms with Crippen molar-refractivity contribution in [3.05, 3.63) is 20.1 Å². The Labute approximate surface area is 125 Å². The highest BCUT2D eigenvalue weighted by atomic mass is 79.9. The standard InChI is InChI=1S/C13H17Br2NO2/c1-16-6-4-8-9(5-7-16)11(15)13(18-3)12(17-2)10(8)14/h4-7H2,1-3H3. The fraction of sp³-hybridized carbons (Fsp3) is 0.538. The number of hydrogen-bond donors (Lipinski definition) is 0. The molecule has 1 aromatic carbocycles. The van der Waals surface area contributed by atoms with E-state index in [2.05, 4.69) is 43.8 Å². The van der Waals surface area contributed by atoms with Crippen LogP contribution < -0.4 is 9.47 Å². The summed E-state index contributed by atoms with van der Waals surface area (Å²) >= 11 is 7.33. The molecule has 3 nitrogen and oxygen atoms in total. The highest BCUT2D eigenvalue weighted by Crippen LogP contribution is 2.46. The third-order valence-electron chi connectivity index (χ3n) is 3.39. The average Bonchev–Trinajstić information content (AvgIpc) is 2.56. The molecule has 1 heterocycles. The SMILES string of the molecule is COc1c(Br)c2c(c(Br)c1OC)CCN(C)CC2. The molecular formula is C13H17Br2NO2. The smallest absolute Gasteiger partial charge is 0.176 e. The zero-order valence-electron chi connectivity index (χ0n) is 10.8. The van der Waals surface area contributed by atoms with Crippen LogP contribution >= 0.6 is 31.9 Å². The molecule has 2 rings (SSSR count). The van der Waals surface area contributed by atoms with Crippen LogP contribution in [0.25, 0.3) is 0 Å². The van der Waals surface area contributed by atoms with E-state index in [1.54, 1.807) is 14.2 Å². The molecule has 0 amide bonds. The molecule has 0 saturated heterocycles. The van der Waals surface area contributed by atoms with E-state index in [4.69, 9.17) is 9.47 Å². The van der Waals surface area contributed by atoms with Crippen molar-refractivity contribution in [2.24, 2.45) is 0 Å². The number of likely N-dealkylation sites (N-methyl/N-ethyl adjacent to an activating group) is 1. The molecule has 0 bridgehead atoms. The van der Waals surface area contributed by atoms with Gasteiger partial charge in [-0.3, -0.25) is 0 Å². The molecule has 1 aliphatic rings. The first-order chi connectivity index (χ1) is 8.60. The second kappa shape index (κ2) is 5.80. The highest BCUT2D eigenvalue weighted by Gasteiger charge is 2.24. The van der Waals surface area contributed by atoms with Crippen LogP contribution in [0, 0.1) is 0 Å². The van der Waals surface area contributed by atoms with Gasteiger partial charge in [0, 0.05) is 13.1 Å². The van der Waals surface area contributed by atoms with E-state index in [0.717, 1.165) is 46.4 Å². The van der Waals surface area contributed by atoms with Gasteiger partial charge in [0.15, 0.2) is 11.5 Å². The van der Waals surface area contributed by atoms with E-state index in [1.807, 2.05) is 0 Å². The molecule has 0 aromatic heterocycles. The second-order valence-corrected chi connectivity index (χ2v) is 6.04. The summed E-state index contributed by atoms with van der Waals surface area (Å²) in [5.74, 6) is 1.54. The molecule has 18 heavy (non-hydrogen) atoms. The third kappa shape index (κ3) is 2.40. The summed E-state index contributed by atoms with van der Waals surface area (Å²) in [7, 11) is 5.50. The van der Waals surface area contributed by atoms with Crippen LogP contribution in [-0.2, 0) is 12.8 Å². The predicted molar refractivity (Wildman–Crippen MR) is 79.9 cm³/mol. The topological polar surface area (TPSA) is 21.7 Å². The van der Waals surface area contributed by atoms with Gasteiger partial charge in [-0.2, -0.15) is 0 Å². The van der Waals surface area contributed by atoms with E-state index in [1.165, 1.54) is 11.1 Å². The molecule has 100 valence electrons. The Balaban J connectivity index is 2.61. The first-order valence-corrected chi connectivity index (χ1v) is 7.48. The van der Waals surface area contributed by atoms with Crippen molar-refractivity contribution in [3.63, 3.8) is 0 Å². The van der Waals surface area contributed by atoms with Crippen LogP contribution in [0.4, 0.5) is 0 Å². The van der Waals surface area contributed by atoms with E-state index >= 15 is 0 Å². The quantitative estimate of drug-likeness (QED) is 0.788. The molecule has 5 heteroatoms. The van der Waals surface area contributed by atoms with Gasteiger partial charge in [0.1, 0.15) is 0 Å². The number of fused-ring (bicyclic) bond motifs is 1. The zero-order chi connectivity index (χ0) is 13.3. The van der Waals surface area contributed by atoms with Gasteiger partial charge in [-0.1, -0.05) is 0 Å². The molecular weight excluding hydrogens is 362 g/mol. The minimum absolute atomic E-state index is 0.771. The fourth-order valence-electron chi connectivity index (χ4n) is 2.34. The van der Waals surface area contributed by atoms with Crippen LogP contribution in [0.3, 0.4) is 0 Å². The van der Waals surface area contributed by atoms with Gasteiger partial charge in [0.25, 0.3) is 0 Å². The summed E-state index contributed by atoms with van der Waals surface area (Å²) in [5, 5.41) is 0. The molecule has 0 radical (unpaired) electrons. The largest absolute Gasteiger partial charge is 0.492 e. The Morgan fingerprint density at radius 1 is 0.889 bits per heavy atom. The first-order valence-electron chi connectivity index (χ1n) is 5.89. The highest BCUT2D eigenvalue weighted by molar-refractivity contribution is 9.11. The lowest BCUT2D eigenvalue weighted by atomic mass is 10.0. The molecule has 1 aromatic rings. The predicted octanol–water partition coefficient (Wildman–Crippen LogP) is 3.26. The van der Waals surface area contributed by atoms with Crippen molar-refractivity contribution < 1.29 is 9.47 Å². The Kier molecular flexibility index (Phi) is 4.56. The van der Waals surface area contributed by atoms with Crippen molar-refractivity contribution in [2.45, 2.75) is 12.8 Å². The summed E-state index contributed by atoms with van der Waals surface area (Å²) in [6.45, 7) is 2.13. The second-order valence-electron chi connectivity index (χ2n) is 4.45. The lowest BCUT2D eigenvalue weighted by Crippen LogP contribution is -2.20. The number of rotatable bonds is 2. The van der Waals surface area contributed by atoms with Crippen molar-refractivity contribution in [2.75, 3.05) is 34.4 Å². The molecule has 0 saturated carbocycles. The summed E-state index contributed by atoms with van der Waals surface area (Å²) < 4.78 is 13.0. The van der Waals surface area contributed by atoms with Crippen molar-refractivity contribution >= 4 is 31.9 Å². The average molecular weight is 379 g/mol. The van der Waals surface area contributed by atoms with Gasteiger partial charge in [-0.15, -0.1) is 0 Å². The summed E-state index contributed by atoms with van der Waals surface area (Å²) in [4.78, 5) is 2.35. The van der Waals surface area contributed by atoms with Gasteiger partial charge in [0.05, 0.1) is 23.2 Å². The Hall–Kier alpha value is -0.260. The van der Waals surface area contributed by atoms with E-state index in [-0.39, 0.29) is 0 Å². The monoisotopic (exact) mass is 377 g/mol. The number of halogens is 2. The molecule has 0 N–H and O–H groups in total. The molecule has 0 fully saturated rings. The van der Waals surface area contributed by atoms with Crippen molar-refractivity contribution in [3.8, 4) is 11.5 Å². The Bertz CT molecular complexity index is 422. The summed E-state index contributed by atoms with van der Waals surface area (Å²) in [6, 6.07) is 0.